The maximum absolute atomic E-state index is 10.4. The molecule has 1 rings (SSSR count). The molecule has 1 aliphatic rings. The van der Waals surface area contributed by atoms with E-state index in [1.54, 1.807) is 6.08 Å². The van der Waals surface area contributed by atoms with Gasteiger partial charge in [0.05, 0.1) is 0 Å². The molecule has 0 aliphatic heterocycles. The van der Waals surface area contributed by atoms with E-state index >= 15 is 0 Å². The van der Waals surface area contributed by atoms with Gasteiger partial charge in [-0.3, -0.25) is 4.79 Å². The number of halogens is 3. The summed E-state index contributed by atoms with van der Waals surface area (Å²) in [5.74, 6) is 0.129. The molecule has 0 aromatic carbocycles. The lowest BCUT2D eigenvalue weighted by Gasteiger charge is -1.84. The minimum atomic E-state index is -0.296. The molecule has 1 saturated carbocycles. The zero-order valence-electron chi connectivity index (χ0n) is 4.98. The van der Waals surface area contributed by atoms with Gasteiger partial charge < -0.3 is 0 Å². The van der Waals surface area contributed by atoms with Gasteiger partial charge in [0.1, 0.15) is 4.49 Å². The molecule has 0 bridgehead atoms. The lowest BCUT2D eigenvalue weighted by Crippen LogP contribution is -1.89. The lowest BCUT2D eigenvalue weighted by molar-refractivity contribution is -0.112. The second-order valence-corrected chi connectivity index (χ2v) is 3.65. The normalized spacial score (nSPS) is 29.5. The molecule has 0 aromatic heterocycles. The van der Waals surface area contributed by atoms with E-state index in [1.165, 1.54) is 0 Å². The van der Waals surface area contributed by atoms with Crippen molar-refractivity contribution < 1.29 is 4.79 Å². The molecule has 1 aliphatic carbocycles. The summed E-state index contributed by atoms with van der Waals surface area (Å²) in [6.07, 6.45) is 2.43. The van der Waals surface area contributed by atoms with Crippen LogP contribution in [0.25, 0.3) is 0 Å². The summed E-state index contributed by atoms with van der Waals surface area (Å²) in [4.78, 5) is 10.4. The molecule has 4 heteroatoms. The Morgan fingerprint density at radius 2 is 2.00 bits per heavy atom. The number of allylic oxidation sites excluding steroid dienone is 1. The Morgan fingerprint density at radius 3 is 2.30 bits per heavy atom. The van der Waals surface area contributed by atoms with Crippen molar-refractivity contribution in [2.45, 2.75) is 6.42 Å². The van der Waals surface area contributed by atoms with Crippen LogP contribution in [0.2, 0.25) is 0 Å². The summed E-state index contributed by atoms with van der Waals surface area (Å²) >= 11 is 15.9. The summed E-state index contributed by atoms with van der Waals surface area (Å²) < 4.78 is 0.213. The van der Waals surface area contributed by atoms with E-state index in [0.29, 0.717) is 0 Å². The fourth-order valence-corrected chi connectivity index (χ4v) is 1.40. The van der Waals surface area contributed by atoms with Crippen LogP contribution in [0.1, 0.15) is 6.42 Å². The van der Waals surface area contributed by atoms with Crippen molar-refractivity contribution in [3.8, 4) is 0 Å². The van der Waals surface area contributed by atoms with Gasteiger partial charge in [0.25, 0.3) is 0 Å². The number of carbonyl (C=O) groups excluding carboxylic acids is 1. The number of rotatable bonds is 2. The van der Waals surface area contributed by atoms with Gasteiger partial charge in [0.2, 0.25) is 5.24 Å². The molecular weight excluding hydrogens is 194 g/mol. The molecule has 0 heterocycles. The Kier molecular flexibility index (Phi) is 2.61. The minimum absolute atomic E-state index is 0.0471. The predicted octanol–water partition coefficient (Wildman–Crippen LogP) is 2.71. The highest BCUT2D eigenvalue weighted by atomic mass is 35.5. The van der Waals surface area contributed by atoms with E-state index in [-0.39, 0.29) is 21.6 Å². The maximum Gasteiger partial charge on any atom is 0.225 e. The third kappa shape index (κ3) is 2.15. The van der Waals surface area contributed by atoms with Crippen LogP contribution in [-0.4, -0.2) is 5.24 Å². The zero-order valence-corrected chi connectivity index (χ0v) is 7.25. The Labute approximate surface area is 73.9 Å². The Bertz CT molecular complexity index is 183. The lowest BCUT2D eigenvalue weighted by atomic mass is 10.3. The van der Waals surface area contributed by atoms with E-state index in [0.717, 1.165) is 6.42 Å². The SMILES string of the molecule is O=C(Cl)C1CC1C=C(Cl)Cl. The molecule has 1 fully saturated rings. The molecule has 56 valence electrons. The molecular formula is C6H5Cl3O. The maximum atomic E-state index is 10.4. The molecule has 0 N–H and O–H groups in total. The fraction of sp³-hybridized carbons (Fsp3) is 0.500. The molecule has 1 nitrogen and oxygen atoms in total. The first kappa shape index (κ1) is 8.38. The van der Waals surface area contributed by atoms with Crippen molar-refractivity contribution in [1.29, 1.82) is 0 Å². The van der Waals surface area contributed by atoms with Crippen LogP contribution in [0.4, 0.5) is 0 Å². The fourth-order valence-electron chi connectivity index (χ4n) is 0.822. The first-order valence-electron chi connectivity index (χ1n) is 2.83. The van der Waals surface area contributed by atoms with Crippen molar-refractivity contribution in [3.63, 3.8) is 0 Å². The van der Waals surface area contributed by atoms with Gasteiger partial charge in [-0.15, -0.1) is 0 Å². The van der Waals surface area contributed by atoms with Crippen LogP contribution in [0, 0.1) is 11.8 Å². The molecule has 0 saturated heterocycles. The quantitative estimate of drug-likeness (QED) is 0.625. The topological polar surface area (TPSA) is 17.1 Å². The van der Waals surface area contributed by atoms with Crippen LogP contribution < -0.4 is 0 Å². The zero-order chi connectivity index (χ0) is 7.72. The second-order valence-electron chi connectivity index (χ2n) is 2.27. The number of hydrogen-bond donors (Lipinski definition) is 0. The van der Waals surface area contributed by atoms with Gasteiger partial charge in [-0.2, -0.15) is 0 Å². The minimum Gasteiger partial charge on any atom is -0.281 e. The summed E-state index contributed by atoms with van der Waals surface area (Å²) in [6.45, 7) is 0. The van der Waals surface area contributed by atoms with Crippen LogP contribution in [0.3, 0.4) is 0 Å². The number of hydrogen-bond acceptors (Lipinski definition) is 1. The summed E-state index contributed by atoms with van der Waals surface area (Å²) in [5.41, 5.74) is 0. The molecule has 0 radical (unpaired) electrons. The van der Waals surface area contributed by atoms with E-state index in [2.05, 4.69) is 0 Å². The summed E-state index contributed by atoms with van der Waals surface area (Å²) in [5, 5.41) is -0.296. The van der Waals surface area contributed by atoms with Crippen molar-refractivity contribution in [2.75, 3.05) is 0 Å². The molecule has 0 spiro atoms. The molecule has 2 atom stereocenters. The Hall–Kier alpha value is 0.280. The van der Waals surface area contributed by atoms with Crippen molar-refractivity contribution in [1.82, 2.24) is 0 Å². The van der Waals surface area contributed by atoms with Gasteiger partial charge in [-0.05, 0) is 23.9 Å². The second kappa shape index (κ2) is 3.12. The van der Waals surface area contributed by atoms with E-state index in [4.69, 9.17) is 34.8 Å². The first-order chi connectivity index (χ1) is 4.61. The molecule has 0 aromatic rings. The highest BCUT2D eigenvalue weighted by Crippen LogP contribution is 2.42. The average Bonchev–Trinajstić information content (AvgIpc) is 2.43. The molecule has 2 unspecified atom stereocenters. The first-order valence-corrected chi connectivity index (χ1v) is 3.97. The highest BCUT2D eigenvalue weighted by molar-refractivity contribution is 6.64. The van der Waals surface area contributed by atoms with E-state index in [9.17, 15) is 4.79 Å². The largest absolute Gasteiger partial charge is 0.281 e. The van der Waals surface area contributed by atoms with Crippen molar-refractivity contribution >= 4 is 40.0 Å². The molecule has 0 amide bonds. The van der Waals surface area contributed by atoms with Gasteiger partial charge in [-0.1, -0.05) is 29.3 Å². The molecule has 10 heavy (non-hydrogen) atoms. The van der Waals surface area contributed by atoms with Crippen molar-refractivity contribution in [2.24, 2.45) is 11.8 Å². The Balaban J connectivity index is 2.40. The van der Waals surface area contributed by atoms with E-state index in [1.807, 2.05) is 0 Å². The monoisotopic (exact) mass is 198 g/mol. The standard InChI is InChI=1S/C6H5Cl3O/c7-5(8)2-3-1-4(3)6(9)10/h2-4H,1H2. The van der Waals surface area contributed by atoms with Gasteiger partial charge >= 0.3 is 0 Å². The highest BCUT2D eigenvalue weighted by Gasteiger charge is 2.40. The summed E-state index contributed by atoms with van der Waals surface area (Å²) in [6, 6.07) is 0. The average molecular weight is 199 g/mol. The third-order valence-electron chi connectivity index (χ3n) is 1.47. The van der Waals surface area contributed by atoms with Gasteiger partial charge in [0.15, 0.2) is 0 Å². The van der Waals surface area contributed by atoms with E-state index < -0.39 is 0 Å². The van der Waals surface area contributed by atoms with Crippen LogP contribution in [-0.2, 0) is 4.79 Å². The smallest absolute Gasteiger partial charge is 0.225 e. The van der Waals surface area contributed by atoms with Crippen LogP contribution in [0.5, 0.6) is 0 Å². The summed E-state index contributed by atoms with van der Waals surface area (Å²) in [7, 11) is 0. The van der Waals surface area contributed by atoms with Gasteiger partial charge in [-0.25, -0.2) is 0 Å². The number of carbonyl (C=O) groups is 1. The van der Waals surface area contributed by atoms with Crippen LogP contribution >= 0.6 is 34.8 Å². The third-order valence-corrected chi connectivity index (χ3v) is 2.00. The predicted molar refractivity (Wildman–Crippen MR) is 42.2 cm³/mol. The van der Waals surface area contributed by atoms with Crippen LogP contribution in [0.15, 0.2) is 10.6 Å². The van der Waals surface area contributed by atoms with Crippen molar-refractivity contribution in [3.05, 3.63) is 10.6 Å². The Morgan fingerprint density at radius 1 is 1.40 bits per heavy atom. The van der Waals surface area contributed by atoms with Gasteiger partial charge in [0, 0.05) is 5.92 Å².